The fourth-order valence-corrected chi connectivity index (χ4v) is 3.05. The van der Waals surface area contributed by atoms with Crippen LogP contribution in [0.1, 0.15) is 42.2 Å². The molecule has 1 N–H and O–H groups in total. The molecule has 2 saturated heterocycles. The Morgan fingerprint density at radius 2 is 2.15 bits per heavy atom. The highest BCUT2D eigenvalue weighted by atomic mass is 16.5. The van der Waals surface area contributed by atoms with Crippen molar-refractivity contribution in [2.24, 2.45) is 0 Å². The minimum absolute atomic E-state index is 0.0441. The van der Waals surface area contributed by atoms with Gasteiger partial charge in [-0.1, -0.05) is 0 Å². The van der Waals surface area contributed by atoms with E-state index >= 15 is 0 Å². The van der Waals surface area contributed by atoms with Gasteiger partial charge in [-0.05, 0) is 20.3 Å². The largest absolute Gasteiger partial charge is 0.381 e. The molecule has 0 aromatic carbocycles. The molecule has 110 valence electrons. The first-order chi connectivity index (χ1) is 9.65. The molecule has 3 heterocycles. The highest BCUT2D eigenvalue weighted by molar-refractivity contribution is 5.95. The fourth-order valence-electron chi connectivity index (χ4n) is 3.05. The van der Waals surface area contributed by atoms with Gasteiger partial charge in [0.1, 0.15) is 0 Å². The van der Waals surface area contributed by atoms with Crippen molar-refractivity contribution in [2.45, 2.75) is 38.4 Å². The summed E-state index contributed by atoms with van der Waals surface area (Å²) in [5.41, 5.74) is 1.60. The second-order valence-corrected chi connectivity index (χ2v) is 5.73. The Morgan fingerprint density at radius 3 is 2.80 bits per heavy atom. The SMILES string of the molecule is CC1CN(C(=O)c2cn[nH]c2C2CCOC2)CC(C)O1. The van der Waals surface area contributed by atoms with Crippen molar-refractivity contribution in [3.8, 4) is 0 Å². The summed E-state index contributed by atoms with van der Waals surface area (Å²) in [4.78, 5) is 14.6. The first kappa shape index (κ1) is 13.6. The number of rotatable bonds is 2. The van der Waals surface area contributed by atoms with Crippen LogP contribution in [-0.4, -0.2) is 59.5 Å². The van der Waals surface area contributed by atoms with Crippen LogP contribution in [0.25, 0.3) is 0 Å². The minimum Gasteiger partial charge on any atom is -0.381 e. The number of nitrogens with one attached hydrogen (secondary N) is 1. The number of carbonyl (C=O) groups is 1. The standard InChI is InChI=1S/C14H21N3O3/c1-9-6-17(7-10(2)20-9)14(18)12-5-15-16-13(12)11-3-4-19-8-11/h5,9-11H,3-4,6-8H2,1-2H3,(H,15,16). The molecule has 0 spiro atoms. The normalized spacial score (nSPS) is 30.7. The van der Waals surface area contributed by atoms with Crippen molar-refractivity contribution in [1.82, 2.24) is 15.1 Å². The number of carbonyl (C=O) groups excluding carboxylic acids is 1. The zero-order valence-corrected chi connectivity index (χ0v) is 12.0. The topological polar surface area (TPSA) is 67.5 Å². The smallest absolute Gasteiger partial charge is 0.257 e. The van der Waals surface area contributed by atoms with E-state index in [0.29, 0.717) is 25.3 Å². The van der Waals surface area contributed by atoms with Gasteiger partial charge >= 0.3 is 0 Å². The molecule has 1 amide bonds. The number of hydrogen-bond donors (Lipinski definition) is 1. The van der Waals surface area contributed by atoms with Crippen LogP contribution >= 0.6 is 0 Å². The molecular weight excluding hydrogens is 258 g/mol. The monoisotopic (exact) mass is 279 g/mol. The molecule has 1 aromatic heterocycles. The highest BCUT2D eigenvalue weighted by Crippen LogP contribution is 2.27. The van der Waals surface area contributed by atoms with Gasteiger partial charge in [0.2, 0.25) is 0 Å². The van der Waals surface area contributed by atoms with E-state index in [4.69, 9.17) is 9.47 Å². The second-order valence-electron chi connectivity index (χ2n) is 5.73. The number of ether oxygens (including phenoxy) is 2. The van der Waals surface area contributed by atoms with Crippen LogP contribution in [0.3, 0.4) is 0 Å². The molecule has 2 fully saturated rings. The van der Waals surface area contributed by atoms with Crippen molar-refractivity contribution in [1.29, 1.82) is 0 Å². The van der Waals surface area contributed by atoms with Crippen molar-refractivity contribution >= 4 is 5.91 Å². The molecule has 0 radical (unpaired) electrons. The molecule has 2 aliphatic rings. The zero-order chi connectivity index (χ0) is 14.1. The lowest BCUT2D eigenvalue weighted by atomic mass is 10.0. The molecule has 20 heavy (non-hydrogen) atoms. The molecule has 2 aliphatic heterocycles. The van der Waals surface area contributed by atoms with Crippen LogP contribution < -0.4 is 0 Å². The van der Waals surface area contributed by atoms with Crippen molar-refractivity contribution in [3.63, 3.8) is 0 Å². The summed E-state index contributed by atoms with van der Waals surface area (Å²) in [6.45, 7) is 6.68. The van der Waals surface area contributed by atoms with Gasteiger partial charge in [-0.2, -0.15) is 5.10 Å². The Balaban J connectivity index is 1.78. The molecule has 6 heteroatoms. The maximum atomic E-state index is 12.7. The van der Waals surface area contributed by atoms with Crippen molar-refractivity contribution in [2.75, 3.05) is 26.3 Å². The quantitative estimate of drug-likeness (QED) is 0.882. The lowest BCUT2D eigenvalue weighted by Crippen LogP contribution is -2.48. The van der Waals surface area contributed by atoms with Gasteiger partial charge in [-0.25, -0.2) is 0 Å². The Labute approximate surface area is 118 Å². The summed E-state index contributed by atoms with van der Waals surface area (Å²) in [6.07, 6.45) is 2.74. The molecule has 0 aliphatic carbocycles. The van der Waals surface area contributed by atoms with E-state index in [1.165, 1.54) is 0 Å². The molecule has 6 nitrogen and oxygen atoms in total. The van der Waals surface area contributed by atoms with E-state index in [0.717, 1.165) is 18.7 Å². The second kappa shape index (κ2) is 5.54. The molecule has 3 atom stereocenters. The summed E-state index contributed by atoms with van der Waals surface area (Å²) in [5, 5.41) is 7.04. The van der Waals surface area contributed by atoms with Crippen LogP contribution in [0.15, 0.2) is 6.20 Å². The van der Waals surface area contributed by atoms with Gasteiger partial charge in [0.05, 0.1) is 36.3 Å². The first-order valence-corrected chi connectivity index (χ1v) is 7.21. The van der Waals surface area contributed by atoms with E-state index in [-0.39, 0.29) is 24.0 Å². The third kappa shape index (κ3) is 2.58. The number of aromatic amines is 1. The predicted octanol–water partition coefficient (Wildman–Crippen LogP) is 1.16. The van der Waals surface area contributed by atoms with Gasteiger partial charge in [0.25, 0.3) is 5.91 Å². The maximum absolute atomic E-state index is 12.7. The van der Waals surface area contributed by atoms with Crippen molar-refractivity contribution in [3.05, 3.63) is 17.5 Å². The Kier molecular flexibility index (Phi) is 3.76. The number of aromatic nitrogens is 2. The van der Waals surface area contributed by atoms with E-state index in [1.54, 1.807) is 6.20 Å². The van der Waals surface area contributed by atoms with Crippen LogP contribution in [0, 0.1) is 0 Å². The summed E-state index contributed by atoms with van der Waals surface area (Å²) in [5.74, 6) is 0.301. The van der Waals surface area contributed by atoms with Crippen LogP contribution in [0.2, 0.25) is 0 Å². The van der Waals surface area contributed by atoms with Gasteiger partial charge < -0.3 is 14.4 Å². The number of amides is 1. The first-order valence-electron chi connectivity index (χ1n) is 7.21. The average Bonchev–Trinajstić information content (AvgIpc) is 3.07. The molecule has 3 unspecified atom stereocenters. The third-order valence-electron chi connectivity index (χ3n) is 3.94. The van der Waals surface area contributed by atoms with E-state index in [2.05, 4.69) is 10.2 Å². The zero-order valence-electron chi connectivity index (χ0n) is 12.0. The Bertz CT molecular complexity index is 472. The summed E-state index contributed by atoms with van der Waals surface area (Å²) < 4.78 is 11.1. The molecule has 1 aromatic rings. The number of morpholine rings is 1. The summed E-state index contributed by atoms with van der Waals surface area (Å²) in [7, 11) is 0. The summed E-state index contributed by atoms with van der Waals surface area (Å²) in [6, 6.07) is 0. The van der Waals surface area contributed by atoms with Crippen LogP contribution in [0.5, 0.6) is 0 Å². The van der Waals surface area contributed by atoms with Crippen LogP contribution in [-0.2, 0) is 9.47 Å². The van der Waals surface area contributed by atoms with Crippen LogP contribution in [0.4, 0.5) is 0 Å². The van der Waals surface area contributed by atoms with E-state index in [9.17, 15) is 4.79 Å². The van der Waals surface area contributed by atoms with E-state index < -0.39 is 0 Å². The average molecular weight is 279 g/mol. The number of nitrogens with zero attached hydrogens (tertiary/aromatic N) is 2. The van der Waals surface area contributed by atoms with E-state index in [1.807, 2.05) is 18.7 Å². The molecular formula is C14H21N3O3. The van der Waals surface area contributed by atoms with Gasteiger partial charge in [0.15, 0.2) is 0 Å². The van der Waals surface area contributed by atoms with Gasteiger partial charge in [-0.3, -0.25) is 9.89 Å². The van der Waals surface area contributed by atoms with Gasteiger partial charge in [-0.15, -0.1) is 0 Å². The maximum Gasteiger partial charge on any atom is 0.257 e. The number of hydrogen-bond acceptors (Lipinski definition) is 4. The molecule has 0 bridgehead atoms. The third-order valence-corrected chi connectivity index (χ3v) is 3.94. The Morgan fingerprint density at radius 1 is 1.40 bits per heavy atom. The fraction of sp³-hybridized carbons (Fsp3) is 0.714. The lowest BCUT2D eigenvalue weighted by molar-refractivity contribution is -0.0586. The summed E-state index contributed by atoms with van der Waals surface area (Å²) >= 11 is 0. The minimum atomic E-state index is 0.0441. The van der Waals surface area contributed by atoms with Gasteiger partial charge in [0, 0.05) is 25.6 Å². The predicted molar refractivity (Wildman–Crippen MR) is 72.7 cm³/mol. The van der Waals surface area contributed by atoms with Crippen molar-refractivity contribution < 1.29 is 14.3 Å². The lowest BCUT2D eigenvalue weighted by Gasteiger charge is -2.35. The molecule has 3 rings (SSSR count). The molecule has 0 saturated carbocycles. The Hall–Kier alpha value is -1.40. The highest BCUT2D eigenvalue weighted by Gasteiger charge is 2.31. The number of H-pyrrole nitrogens is 1.